The fourth-order valence-corrected chi connectivity index (χ4v) is 2.80. The third-order valence-electron chi connectivity index (χ3n) is 3.93. The molecule has 2 atom stereocenters. The second-order valence-corrected chi connectivity index (χ2v) is 5.42. The van der Waals surface area contributed by atoms with Crippen molar-refractivity contribution in [1.82, 2.24) is 14.7 Å². The predicted molar refractivity (Wildman–Crippen MR) is 74.9 cm³/mol. The van der Waals surface area contributed by atoms with E-state index in [0.29, 0.717) is 5.69 Å². The highest BCUT2D eigenvalue weighted by Crippen LogP contribution is 2.21. The van der Waals surface area contributed by atoms with E-state index in [9.17, 15) is 4.79 Å². The van der Waals surface area contributed by atoms with Crippen LogP contribution in [0.2, 0.25) is 0 Å². The minimum absolute atomic E-state index is 0.0168. The Balaban J connectivity index is 2.23. The third-order valence-corrected chi connectivity index (χ3v) is 3.93. The van der Waals surface area contributed by atoms with Crippen molar-refractivity contribution in [3.8, 4) is 0 Å². The molecule has 2 rings (SSSR count). The van der Waals surface area contributed by atoms with Gasteiger partial charge in [0, 0.05) is 25.7 Å². The number of hydrogen-bond donors (Lipinski definition) is 1. The van der Waals surface area contributed by atoms with Gasteiger partial charge in [0.2, 0.25) is 0 Å². The van der Waals surface area contributed by atoms with E-state index in [1.54, 1.807) is 4.68 Å². The van der Waals surface area contributed by atoms with Gasteiger partial charge in [0.15, 0.2) is 0 Å². The maximum Gasteiger partial charge on any atom is 0.272 e. The SMILES string of the molecule is CCc1cc(C(=O)N2CCCCC2C(C)N)n(C)n1. The predicted octanol–water partition coefficient (Wildman–Crippen LogP) is 1.32. The van der Waals surface area contributed by atoms with Crippen LogP contribution in [0, 0.1) is 0 Å². The fourth-order valence-electron chi connectivity index (χ4n) is 2.80. The minimum atomic E-state index is 0.0168. The highest BCUT2D eigenvalue weighted by molar-refractivity contribution is 5.93. The number of likely N-dealkylation sites (tertiary alicyclic amines) is 1. The topological polar surface area (TPSA) is 64.2 Å². The van der Waals surface area contributed by atoms with E-state index in [-0.39, 0.29) is 18.0 Å². The van der Waals surface area contributed by atoms with Crippen LogP contribution < -0.4 is 5.73 Å². The normalized spacial score (nSPS) is 21.5. The summed E-state index contributed by atoms with van der Waals surface area (Å²) in [5.41, 5.74) is 7.66. The smallest absolute Gasteiger partial charge is 0.272 e. The van der Waals surface area contributed by atoms with Crippen LogP contribution in [-0.4, -0.2) is 39.2 Å². The van der Waals surface area contributed by atoms with Crippen molar-refractivity contribution in [2.45, 2.75) is 51.6 Å². The summed E-state index contributed by atoms with van der Waals surface area (Å²) in [6, 6.07) is 2.07. The fraction of sp³-hybridized carbons (Fsp3) is 0.714. The summed E-state index contributed by atoms with van der Waals surface area (Å²) in [4.78, 5) is 14.6. The van der Waals surface area contributed by atoms with Crippen LogP contribution in [-0.2, 0) is 13.5 Å². The molecule has 0 bridgehead atoms. The Labute approximate surface area is 114 Å². The number of hydrogen-bond acceptors (Lipinski definition) is 3. The van der Waals surface area contributed by atoms with Gasteiger partial charge in [0.1, 0.15) is 5.69 Å². The minimum Gasteiger partial charge on any atom is -0.333 e. The Hall–Kier alpha value is -1.36. The maximum absolute atomic E-state index is 12.7. The van der Waals surface area contributed by atoms with Gasteiger partial charge >= 0.3 is 0 Å². The summed E-state index contributed by atoms with van der Waals surface area (Å²) in [5, 5.41) is 4.35. The standard InChI is InChI=1S/C14H24N4O/c1-4-11-9-13(17(3)16-11)14(19)18-8-6-5-7-12(18)10(2)15/h9-10,12H,4-8,15H2,1-3H3. The molecule has 0 spiro atoms. The molecule has 0 aliphatic carbocycles. The largest absolute Gasteiger partial charge is 0.333 e. The number of aryl methyl sites for hydroxylation is 2. The Kier molecular flexibility index (Phi) is 4.24. The van der Waals surface area contributed by atoms with E-state index >= 15 is 0 Å². The van der Waals surface area contributed by atoms with Gasteiger partial charge in [-0.3, -0.25) is 9.48 Å². The second kappa shape index (κ2) is 5.74. The number of carbonyl (C=O) groups excluding carboxylic acids is 1. The zero-order chi connectivity index (χ0) is 14.0. The Morgan fingerprint density at radius 2 is 2.32 bits per heavy atom. The van der Waals surface area contributed by atoms with Crippen molar-refractivity contribution in [2.24, 2.45) is 12.8 Å². The number of rotatable bonds is 3. The first-order valence-corrected chi connectivity index (χ1v) is 7.14. The van der Waals surface area contributed by atoms with Crippen LogP contribution >= 0.6 is 0 Å². The lowest BCUT2D eigenvalue weighted by molar-refractivity contribution is 0.0572. The summed E-state index contributed by atoms with van der Waals surface area (Å²) in [6.07, 6.45) is 4.06. The summed E-state index contributed by atoms with van der Waals surface area (Å²) >= 11 is 0. The summed E-state index contributed by atoms with van der Waals surface area (Å²) in [5.74, 6) is 0.0664. The quantitative estimate of drug-likeness (QED) is 0.895. The van der Waals surface area contributed by atoms with E-state index in [1.165, 1.54) is 0 Å². The molecule has 1 amide bonds. The molecule has 1 saturated heterocycles. The summed E-state index contributed by atoms with van der Waals surface area (Å²) in [7, 11) is 1.83. The number of amides is 1. The molecule has 0 saturated carbocycles. The molecule has 1 aliphatic heterocycles. The molecule has 2 unspecified atom stereocenters. The third kappa shape index (κ3) is 2.81. The number of nitrogens with two attached hydrogens (primary N) is 1. The van der Waals surface area contributed by atoms with Crippen LogP contribution in [0.4, 0.5) is 0 Å². The summed E-state index contributed by atoms with van der Waals surface area (Å²) < 4.78 is 1.69. The Morgan fingerprint density at radius 1 is 1.58 bits per heavy atom. The van der Waals surface area contributed by atoms with E-state index in [2.05, 4.69) is 5.10 Å². The second-order valence-electron chi connectivity index (χ2n) is 5.42. The van der Waals surface area contributed by atoms with Crippen molar-refractivity contribution >= 4 is 5.91 Å². The lowest BCUT2D eigenvalue weighted by Gasteiger charge is -2.37. The monoisotopic (exact) mass is 264 g/mol. The van der Waals surface area contributed by atoms with Crippen LogP contribution in [0.25, 0.3) is 0 Å². The molecule has 1 aromatic heterocycles. The van der Waals surface area contributed by atoms with Crippen molar-refractivity contribution in [3.05, 3.63) is 17.5 Å². The molecule has 2 N–H and O–H groups in total. The highest BCUT2D eigenvalue weighted by atomic mass is 16.2. The lowest BCUT2D eigenvalue weighted by atomic mass is 9.96. The maximum atomic E-state index is 12.7. The van der Waals surface area contributed by atoms with Crippen molar-refractivity contribution < 1.29 is 4.79 Å². The first-order chi connectivity index (χ1) is 9.04. The van der Waals surface area contributed by atoms with Crippen LogP contribution in [0.3, 0.4) is 0 Å². The highest BCUT2D eigenvalue weighted by Gasteiger charge is 2.31. The van der Waals surface area contributed by atoms with Gasteiger partial charge in [-0.2, -0.15) is 5.10 Å². The number of piperidine rings is 1. The molecular formula is C14H24N4O. The first kappa shape index (κ1) is 14.1. The van der Waals surface area contributed by atoms with E-state index in [4.69, 9.17) is 5.73 Å². The molecule has 0 aromatic carbocycles. The Bertz CT molecular complexity index is 452. The van der Waals surface area contributed by atoms with Gasteiger partial charge in [-0.05, 0) is 38.7 Å². The average Bonchev–Trinajstić information content (AvgIpc) is 2.79. The lowest BCUT2D eigenvalue weighted by Crippen LogP contribution is -2.52. The van der Waals surface area contributed by atoms with Crippen molar-refractivity contribution in [3.63, 3.8) is 0 Å². The number of aromatic nitrogens is 2. The van der Waals surface area contributed by atoms with Gasteiger partial charge in [-0.15, -0.1) is 0 Å². The molecule has 2 heterocycles. The molecule has 1 fully saturated rings. The van der Waals surface area contributed by atoms with Crippen molar-refractivity contribution in [1.29, 1.82) is 0 Å². The van der Waals surface area contributed by atoms with E-state index in [0.717, 1.165) is 37.9 Å². The van der Waals surface area contributed by atoms with Crippen molar-refractivity contribution in [2.75, 3.05) is 6.54 Å². The van der Waals surface area contributed by atoms with Crippen LogP contribution in [0.15, 0.2) is 6.07 Å². The van der Waals surface area contributed by atoms with Crippen LogP contribution in [0.5, 0.6) is 0 Å². The Morgan fingerprint density at radius 3 is 2.89 bits per heavy atom. The molecule has 5 heteroatoms. The molecule has 1 aromatic rings. The summed E-state index contributed by atoms with van der Waals surface area (Å²) in [6.45, 7) is 4.83. The van der Waals surface area contributed by atoms with Gasteiger partial charge in [-0.25, -0.2) is 0 Å². The number of carbonyl (C=O) groups is 1. The van der Waals surface area contributed by atoms with Crippen LogP contribution in [0.1, 0.15) is 49.3 Å². The van der Waals surface area contributed by atoms with E-state index in [1.807, 2.05) is 31.9 Å². The zero-order valence-electron chi connectivity index (χ0n) is 12.1. The van der Waals surface area contributed by atoms with E-state index < -0.39 is 0 Å². The molecule has 19 heavy (non-hydrogen) atoms. The van der Waals surface area contributed by atoms with Gasteiger partial charge in [0.25, 0.3) is 5.91 Å². The molecule has 106 valence electrons. The van der Waals surface area contributed by atoms with Gasteiger partial charge in [0.05, 0.1) is 5.69 Å². The molecule has 1 aliphatic rings. The first-order valence-electron chi connectivity index (χ1n) is 7.14. The number of nitrogens with zero attached hydrogens (tertiary/aromatic N) is 3. The molecule has 0 radical (unpaired) electrons. The van der Waals surface area contributed by atoms with Gasteiger partial charge < -0.3 is 10.6 Å². The average molecular weight is 264 g/mol. The van der Waals surface area contributed by atoms with Gasteiger partial charge in [-0.1, -0.05) is 6.92 Å². The molecular weight excluding hydrogens is 240 g/mol. The molecule has 5 nitrogen and oxygen atoms in total. The zero-order valence-corrected chi connectivity index (χ0v) is 12.1.